The first-order chi connectivity index (χ1) is 14.0. The van der Waals surface area contributed by atoms with Gasteiger partial charge in [0, 0.05) is 13.0 Å². The molecule has 29 heavy (non-hydrogen) atoms. The minimum Gasteiger partial charge on any atom is -0.497 e. The second-order valence-electron chi connectivity index (χ2n) is 6.71. The van der Waals surface area contributed by atoms with Gasteiger partial charge in [0.2, 0.25) is 11.8 Å². The summed E-state index contributed by atoms with van der Waals surface area (Å²) < 4.78 is 10.3. The molecule has 1 heterocycles. The Morgan fingerprint density at radius 1 is 1.00 bits per heavy atom. The molecule has 3 rings (SSSR count). The second-order valence-corrected chi connectivity index (χ2v) is 6.71. The van der Waals surface area contributed by atoms with Crippen LogP contribution in [0.5, 0.6) is 11.5 Å². The van der Waals surface area contributed by atoms with Gasteiger partial charge in [0.1, 0.15) is 17.5 Å². The average molecular weight is 396 g/mol. The van der Waals surface area contributed by atoms with Crippen LogP contribution in [-0.4, -0.2) is 42.9 Å². The number of hydrogen-bond acceptors (Lipinski definition) is 5. The minimum atomic E-state index is -0.820. The lowest BCUT2D eigenvalue weighted by Gasteiger charge is -2.27. The molecule has 2 aromatic rings. The smallest absolute Gasteiger partial charge is 0.257 e. The van der Waals surface area contributed by atoms with Gasteiger partial charge in [-0.3, -0.25) is 14.4 Å². The number of methoxy groups -OCH3 is 2. The van der Waals surface area contributed by atoms with Gasteiger partial charge in [0.05, 0.1) is 26.3 Å². The average Bonchev–Trinajstić information content (AvgIpc) is 3.05. The van der Waals surface area contributed by atoms with E-state index in [1.165, 1.54) is 4.90 Å². The quantitative estimate of drug-likeness (QED) is 0.673. The molecule has 152 valence electrons. The zero-order valence-corrected chi connectivity index (χ0v) is 16.8. The Kier molecular flexibility index (Phi) is 6.16. The zero-order chi connectivity index (χ0) is 21.0. The highest BCUT2D eigenvalue weighted by atomic mass is 16.5. The van der Waals surface area contributed by atoms with Crippen LogP contribution in [0.4, 0.5) is 5.69 Å². The van der Waals surface area contributed by atoms with Gasteiger partial charge in [0.15, 0.2) is 0 Å². The third kappa shape index (κ3) is 4.23. The van der Waals surface area contributed by atoms with Crippen molar-refractivity contribution in [2.24, 2.45) is 0 Å². The van der Waals surface area contributed by atoms with E-state index < -0.39 is 11.9 Å². The lowest BCUT2D eigenvalue weighted by molar-refractivity contribution is -0.138. The molecular formula is C22H24N2O5. The van der Waals surface area contributed by atoms with Gasteiger partial charge in [-0.25, -0.2) is 4.90 Å². The molecule has 0 bridgehead atoms. The lowest BCUT2D eigenvalue weighted by Crippen LogP contribution is -2.44. The number of carbonyl (C=O) groups excluding carboxylic acids is 3. The molecule has 3 amide bonds. The van der Waals surface area contributed by atoms with Crippen LogP contribution < -0.4 is 14.4 Å². The Morgan fingerprint density at radius 2 is 1.55 bits per heavy atom. The molecule has 1 saturated heterocycles. The van der Waals surface area contributed by atoms with Crippen molar-refractivity contribution in [2.75, 3.05) is 19.1 Å². The Hall–Kier alpha value is -3.35. The summed E-state index contributed by atoms with van der Waals surface area (Å²) in [7, 11) is 3.13. The number of nitrogens with zero attached hydrogens (tertiary/aromatic N) is 2. The Balaban J connectivity index is 1.84. The van der Waals surface area contributed by atoms with E-state index in [9.17, 15) is 14.4 Å². The van der Waals surface area contributed by atoms with Crippen LogP contribution in [0.25, 0.3) is 0 Å². The van der Waals surface area contributed by atoms with E-state index in [1.807, 2.05) is 12.1 Å². The van der Waals surface area contributed by atoms with Gasteiger partial charge in [-0.15, -0.1) is 0 Å². The Morgan fingerprint density at radius 3 is 2.07 bits per heavy atom. The number of anilines is 1. The molecule has 0 N–H and O–H groups in total. The van der Waals surface area contributed by atoms with Crippen LogP contribution in [0.2, 0.25) is 0 Å². The molecule has 0 aromatic heterocycles. The van der Waals surface area contributed by atoms with Crippen molar-refractivity contribution in [2.45, 2.75) is 32.4 Å². The molecule has 0 saturated carbocycles. The molecule has 1 aliphatic heterocycles. The fraction of sp³-hybridized carbons (Fsp3) is 0.318. The first kappa shape index (κ1) is 20.4. The number of benzene rings is 2. The first-order valence-electron chi connectivity index (χ1n) is 9.41. The van der Waals surface area contributed by atoms with Crippen LogP contribution >= 0.6 is 0 Å². The predicted octanol–water partition coefficient (Wildman–Crippen LogP) is 2.77. The maximum absolute atomic E-state index is 13.1. The summed E-state index contributed by atoms with van der Waals surface area (Å²) in [4.78, 5) is 41.0. The number of imide groups is 1. The van der Waals surface area contributed by atoms with Crippen molar-refractivity contribution in [3.8, 4) is 11.5 Å². The molecular weight excluding hydrogens is 372 g/mol. The summed E-state index contributed by atoms with van der Waals surface area (Å²) in [6, 6.07) is 13.2. The van der Waals surface area contributed by atoms with Gasteiger partial charge in [-0.1, -0.05) is 19.1 Å². The minimum absolute atomic E-state index is 0.0350. The summed E-state index contributed by atoms with van der Waals surface area (Å²) >= 11 is 0. The summed E-state index contributed by atoms with van der Waals surface area (Å²) in [5, 5.41) is 0. The lowest BCUT2D eigenvalue weighted by atomic mass is 10.1. The maximum Gasteiger partial charge on any atom is 0.257 e. The van der Waals surface area contributed by atoms with E-state index in [4.69, 9.17) is 9.47 Å². The normalized spacial score (nSPS) is 16.1. The highest BCUT2D eigenvalue weighted by Crippen LogP contribution is 2.28. The van der Waals surface area contributed by atoms with Gasteiger partial charge in [0.25, 0.3) is 5.91 Å². The number of rotatable bonds is 7. The number of carbonyl (C=O) groups is 3. The molecule has 2 aromatic carbocycles. The predicted molar refractivity (Wildman–Crippen MR) is 108 cm³/mol. The molecule has 7 nitrogen and oxygen atoms in total. The van der Waals surface area contributed by atoms with E-state index in [0.717, 1.165) is 10.5 Å². The van der Waals surface area contributed by atoms with Crippen molar-refractivity contribution < 1.29 is 23.9 Å². The highest BCUT2D eigenvalue weighted by molar-refractivity contribution is 6.23. The van der Waals surface area contributed by atoms with Crippen molar-refractivity contribution in [1.29, 1.82) is 0 Å². The maximum atomic E-state index is 13.1. The number of amides is 3. The number of hydrogen-bond donors (Lipinski definition) is 0. The molecule has 0 radical (unpaired) electrons. The van der Waals surface area contributed by atoms with Gasteiger partial charge in [-0.2, -0.15) is 0 Å². The molecule has 0 unspecified atom stereocenters. The van der Waals surface area contributed by atoms with Crippen LogP contribution in [0.3, 0.4) is 0 Å². The summed E-state index contributed by atoms with van der Waals surface area (Å²) in [5.74, 6) is 0.444. The summed E-state index contributed by atoms with van der Waals surface area (Å²) in [6.07, 6.45) is 0.212. The molecule has 1 atom stereocenters. The SMILES string of the molecule is CCC(=O)N(Cc1ccc(OC)cc1)[C@H]1CC(=O)N(c2ccc(OC)cc2)C1=O. The molecule has 1 aliphatic rings. The highest BCUT2D eigenvalue weighted by Gasteiger charge is 2.44. The number of ether oxygens (including phenoxy) is 2. The molecule has 7 heteroatoms. The van der Waals surface area contributed by atoms with E-state index in [-0.39, 0.29) is 31.2 Å². The van der Waals surface area contributed by atoms with Crippen molar-refractivity contribution in [3.63, 3.8) is 0 Å². The molecule has 0 spiro atoms. The second kappa shape index (κ2) is 8.77. The van der Waals surface area contributed by atoms with E-state index in [1.54, 1.807) is 57.5 Å². The van der Waals surface area contributed by atoms with Gasteiger partial charge >= 0.3 is 0 Å². The largest absolute Gasteiger partial charge is 0.497 e. The fourth-order valence-corrected chi connectivity index (χ4v) is 3.36. The third-order valence-corrected chi connectivity index (χ3v) is 4.96. The monoisotopic (exact) mass is 396 g/mol. The topological polar surface area (TPSA) is 76.2 Å². The van der Waals surface area contributed by atoms with Crippen molar-refractivity contribution in [3.05, 3.63) is 54.1 Å². The van der Waals surface area contributed by atoms with E-state index >= 15 is 0 Å². The third-order valence-electron chi connectivity index (χ3n) is 4.96. The van der Waals surface area contributed by atoms with Gasteiger partial charge in [-0.05, 0) is 42.0 Å². The first-order valence-corrected chi connectivity index (χ1v) is 9.41. The Labute approximate surface area is 169 Å². The van der Waals surface area contributed by atoms with Crippen LogP contribution in [0.1, 0.15) is 25.3 Å². The van der Waals surface area contributed by atoms with E-state index in [0.29, 0.717) is 17.2 Å². The zero-order valence-electron chi connectivity index (χ0n) is 16.8. The molecule has 1 fully saturated rings. The van der Waals surface area contributed by atoms with E-state index in [2.05, 4.69) is 0 Å². The summed E-state index contributed by atoms with van der Waals surface area (Å²) in [5.41, 5.74) is 1.33. The van der Waals surface area contributed by atoms with Crippen LogP contribution in [0, 0.1) is 0 Å². The summed E-state index contributed by atoms with van der Waals surface area (Å²) in [6.45, 7) is 1.99. The van der Waals surface area contributed by atoms with Crippen LogP contribution in [-0.2, 0) is 20.9 Å². The van der Waals surface area contributed by atoms with Crippen molar-refractivity contribution >= 4 is 23.4 Å². The van der Waals surface area contributed by atoms with Crippen molar-refractivity contribution in [1.82, 2.24) is 4.90 Å². The standard InChI is InChI=1S/C22H24N2O5/c1-4-20(25)23(14-15-5-9-17(28-2)10-6-15)19-13-21(26)24(22(19)27)16-7-11-18(29-3)12-8-16/h5-12,19H,4,13-14H2,1-3H3/t19-/m0/s1. The fourth-order valence-electron chi connectivity index (χ4n) is 3.36. The van der Waals surface area contributed by atoms with Gasteiger partial charge < -0.3 is 14.4 Å². The molecule has 0 aliphatic carbocycles. The Bertz CT molecular complexity index is 892. The van der Waals surface area contributed by atoms with Crippen LogP contribution in [0.15, 0.2) is 48.5 Å².